The number of hydrogen-bond donors (Lipinski definition) is 0. The molecule has 102 valence electrons. The molecule has 1 fully saturated rings. The van der Waals surface area contributed by atoms with Crippen molar-refractivity contribution in [2.75, 3.05) is 0 Å². The molecule has 0 saturated heterocycles. The maximum atomic E-state index is 13.7. The summed E-state index contributed by atoms with van der Waals surface area (Å²) >= 11 is 0. The van der Waals surface area contributed by atoms with Crippen molar-refractivity contribution in [1.29, 1.82) is 5.26 Å². The molecule has 0 bridgehead atoms. The van der Waals surface area contributed by atoms with E-state index in [0.717, 1.165) is 37.8 Å². The Morgan fingerprint density at radius 1 is 1.16 bits per heavy atom. The number of nitriles is 1. The van der Waals surface area contributed by atoms with Crippen LogP contribution in [0.1, 0.15) is 45.1 Å². The molecule has 0 N–H and O–H groups in total. The monoisotopic (exact) mass is 263 g/mol. The Morgan fingerprint density at radius 2 is 1.79 bits per heavy atom. The van der Waals surface area contributed by atoms with Gasteiger partial charge in [0, 0.05) is 0 Å². The van der Waals surface area contributed by atoms with Gasteiger partial charge in [0.1, 0.15) is 11.6 Å². The average molecular weight is 263 g/mol. The fourth-order valence-electron chi connectivity index (χ4n) is 2.78. The smallest absolute Gasteiger partial charge is 0.126 e. The average Bonchev–Trinajstić information content (AvgIpc) is 2.37. The molecule has 3 heteroatoms. The van der Waals surface area contributed by atoms with Gasteiger partial charge in [-0.05, 0) is 61.3 Å². The minimum absolute atomic E-state index is 0.251. The van der Waals surface area contributed by atoms with E-state index in [1.165, 1.54) is 6.07 Å². The number of nitrogens with zero attached hydrogens (tertiary/aromatic N) is 1. The highest BCUT2D eigenvalue weighted by atomic mass is 19.1. The summed E-state index contributed by atoms with van der Waals surface area (Å²) in [7, 11) is 0. The van der Waals surface area contributed by atoms with Gasteiger partial charge in [0.05, 0.1) is 11.5 Å². The summed E-state index contributed by atoms with van der Waals surface area (Å²) in [5.74, 6) is -0.860. The molecule has 0 amide bonds. The van der Waals surface area contributed by atoms with E-state index in [-0.39, 0.29) is 5.41 Å². The molecule has 1 aromatic rings. The normalized spacial score (nSPS) is 20.8. The summed E-state index contributed by atoms with van der Waals surface area (Å²) in [6.07, 6.45) is 3.73. The van der Waals surface area contributed by atoms with Gasteiger partial charge in [-0.3, -0.25) is 0 Å². The molecular formula is C16H19F2N. The van der Waals surface area contributed by atoms with E-state index in [1.54, 1.807) is 0 Å². The first kappa shape index (κ1) is 14.0. The van der Waals surface area contributed by atoms with Crippen LogP contribution in [0.15, 0.2) is 18.2 Å². The van der Waals surface area contributed by atoms with Gasteiger partial charge < -0.3 is 0 Å². The van der Waals surface area contributed by atoms with E-state index in [9.17, 15) is 14.0 Å². The maximum Gasteiger partial charge on any atom is 0.126 e. The van der Waals surface area contributed by atoms with Crippen LogP contribution in [-0.2, 0) is 6.42 Å². The lowest BCUT2D eigenvalue weighted by atomic mass is 9.64. The molecule has 0 spiro atoms. The fourth-order valence-corrected chi connectivity index (χ4v) is 2.78. The van der Waals surface area contributed by atoms with Gasteiger partial charge in [-0.25, -0.2) is 8.78 Å². The van der Waals surface area contributed by atoms with Crippen LogP contribution < -0.4 is 0 Å². The third-order valence-electron chi connectivity index (χ3n) is 4.33. The lowest BCUT2D eigenvalue weighted by Gasteiger charge is -2.39. The van der Waals surface area contributed by atoms with Crippen molar-refractivity contribution in [3.63, 3.8) is 0 Å². The summed E-state index contributed by atoms with van der Waals surface area (Å²) in [5, 5.41) is 9.47. The molecule has 1 aliphatic carbocycles. The molecule has 1 saturated carbocycles. The topological polar surface area (TPSA) is 23.8 Å². The molecule has 1 aliphatic rings. The minimum Gasteiger partial charge on any atom is -0.207 e. The van der Waals surface area contributed by atoms with Gasteiger partial charge in [0.15, 0.2) is 0 Å². The third-order valence-corrected chi connectivity index (χ3v) is 4.33. The van der Waals surface area contributed by atoms with Crippen LogP contribution >= 0.6 is 0 Å². The van der Waals surface area contributed by atoms with E-state index in [2.05, 4.69) is 19.9 Å². The highest BCUT2D eigenvalue weighted by Crippen LogP contribution is 2.46. The third kappa shape index (κ3) is 3.12. The predicted octanol–water partition coefficient (Wildman–Crippen LogP) is 4.62. The van der Waals surface area contributed by atoms with Crippen LogP contribution in [0, 0.1) is 33.8 Å². The molecule has 0 aromatic heterocycles. The molecule has 0 radical (unpaired) electrons. The van der Waals surface area contributed by atoms with E-state index < -0.39 is 17.0 Å². The van der Waals surface area contributed by atoms with Crippen LogP contribution in [0.4, 0.5) is 8.78 Å². The Labute approximate surface area is 113 Å². The van der Waals surface area contributed by atoms with Crippen molar-refractivity contribution < 1.29 is 8.78 Å². The number of hydrogen-bond acceptors (Lipinski definition) is 1. The lowest BCUT2D eigenvalue weighted by Crippen LogP contribution is -2.32. The van der Waals surface area contributed by atoms with Crippen LogP contribution in [-0.4, -0.2) is 0 Å². The highest BCUT2D eigenvalue weighted by molar-refractivity contribution is 5.23. The quantitative estimate of drug-likeness (QED) is 0.764. The molecule has 0 aliphatic heterocycles. The van der Waals surface area contributed by atoms with Gasteiger partial charge in [-0.1, -0.05) is 13.8 Å². The van der Waals surface area contributed by atoms with Gasteiger partial charge in [-0.15, -0.1) is 0 Å². The van der Waals surface area contributed by atoms with Crippen molar-refractivity contribution in [3.05, 3.63) is 35.4 Å². The number of benzene rings is 1. The summed E-state index contributed by atoms with van der Waals surface area (Å²) < 4.78 is 26.9. The van der Waals surface area contributed by atoms with Gasteiger partial charge in [0.2, 0.25) is 0 Å². The van der Waals surface area contributed by atoms with Crippen molar-refractivity contribution >= 4 is 0 Å². The number of rotatable bonds is 2. The molecule has 1 nitrogen and oxygen atoms in total. The summed E-state index contributed by atoms with van der Waals surface area (Å²) in [6.45, 7) is 4.38. The Bertz CT molecular complexity index is 504. The van der Waals surface area contributed by atoms with Gasteiger partial charge in [0.25, 0.3) is 0 Å². The lowest BCUT2D eigenvalue weighted by molar-refractivity contribution is 0.145. The van der Waals surface area contributed by atoms with Crippen molar-refractivity contribution in [2.24, 2.45) is 10.8 Å². The fraction of sp³-hybridized carbons (Fsp3) is 0.562. The molecule has 19 heavy (non-hydrogen) atoms. The van der Waals surface area contributed by atoms with Crippen LogP contribution in [0.5, 0.6) is 0 Å². The van der Waals surface area contributed by atoms with Crippen LogP contribution in [0.3, 0.4) is 0 Å². The Kier molecular flexibility index (Phi) is 3.62. The Balaban J connectivity index is 2.21. The summed E-state index contributed by atoms with van der Waals surface area (Å²) in [6, 6.07) is 5.83. The van der Waals surface area contributed by atoms with Gasteiger partial charge in [-0.2, -0.15) is 5.26 Å². The van der Waals surface area contributed by atoms with Gasteiger partial charge >= 0.3 is 0 Å². The molecule has 1 aromatic carbocycles. The molecule has 0 heterocycles. The predicted molar refractivity (Wildman–Crippen MR) is 70.4 cm³/mol. The Morgan fingerprint density at radius 3 is 2.37 bits per heavy atom. The largest absolute Gasteiger partial charge is 0.207 e. The van der Waals surface area contributed by atoms with E-state index >= 15 is 0 Å². The standard InChI is InChI=1S/C16H19F2N/c1-15(2)5-7-16(11-19,8-6-15)10-12-9-13(17)3-4-14(12)18/h3-4,9H,5-8,10H2,1-2H3. The second kappa shape index (κ2) is 4.92. The zero-order valence-corrected chi connectivity index (χ0v) is 11.5. The SMILES string of the molecule is CC1(C)CCC(C#N)(Cc2cc(F)ccc2F)CC1. The van der Waals surface area contributed by atoms with E-state index in [0.29, 0.717) is 12.0 Å². The van der Waals surface area contributed by atoms with E-state index in [4.69, 9.17) is 0 Å². The second-order valence-electron chi connectivity index (χ2n) is 6.47. The van der Waals surface area contributed by atoms with E-state index in [1.807, 2.05) is 0 Å². The van der Waals surface area contributed by atoms with Crippen LogP contribution in [0.25, 0.3) is 0 Å². The molecular weight excluding hydrogens is 244 g/mol. The summed E-state index contributed by atoms with van der Waals surface area (Å²) in [5.41, 5.74) is 0.0339. The molecule has 0 atom stereocenters. The highest BCUT2D eigenvalue weighted by Gasteiger charge is 2.39. The van der Waals surface area contributed by atoms with Crippen molar-refractivity contribution in [1.82, 2.24) is 0 Å². The number of halogens is 2. The van der Waals surface area contributed by atoms with Crippen LogP contribution in [0.2, 0.25) is 0 Å². The zero-order chi connectivity index (χ0) is 14.1. The molecule has 0 unspecified atom stereocenters. The first-order chi connectivity index (χ1) is 8.86. The Hall–Kier alpha value is -1.43. The first-order valence-corrected chi connectivity index (χ1v) is 6.71. The zero-order valence-electron chi connectivity index (χ0n) is 11.5. The molecule has 2 rings (SSSR count). The minimum atomic E-state index is -0.538. The van der Waals surface area contributed by atoms with Crippen molar-refractivity contribution in [2.45, 2.75) is 46.0 Å². The second-order valence-corrected chi connectivity index (χ2v) is 6.47. The first-order valence-electron chi connectivity index (χ1n) is 6.71. The van der Waals surface area contributed by atoms with Crippen molar-refractivity contribution in [3.8, 4) is 6.07 Å². The maximum absolute atomic E-state index is 13.7. The summed E-state index contributed by atoms with van der Waals surface area (Å²) in [4.78, 5) is 0.